The zero-order valence-electron chi connectivity index (χ0n) is 24.6. The smallest absolute Gasteiger partial charge is 0.247 e. The van der Waals surface area contributed by atoms with Crippen LogP contribution in [0.3, 0.4) is 0 Å². The summed E-state index contributed by atoms with van der Waals surface area (Å²) in [7, 11) is 0. The van der Waals surface area contributed by atoms with Crippen molar-refractivity contribution in [1.82, 2.24) is 0 Å². The quantitative estimate of drug-likeness (QED) is 0.180. The molecule has 7 aromatic carbocycles. The molecule has 212 valence electrons. The van der Waals surface area contributed by atoms with E-state index in [-0.39, 0.29) is 6.71 Å². The molecule has 0 spiro atoms. The number of hydrogen-bond donors (Lipinski definition) is 0. The molecule has 1 aliphatic heterocycles. The number of benzene rings is 7. The molecule has 4 heteroatoms. The molecular weight excluding hydrogens is 563 g/mol. The van der Waals surface area contributed by atoms with Crippen molar-refractivity contribution in [1.29, 1.82) is 0 Å². The fourth-order valence-corrected chi connectivity index (χ4v) is 7.97. The van der Waals surface area contributed by atoms with E-state index < -0.39 is 0 Å². The highest BCUT2D eigenvalue weighted by Gasteiger charge is 2.35. The summed E-state index contributed by atoms with van der Waals surface area (Å²) in [5.74, 6) is 0. The molecule has 0 aliphatic carbocycles. The van der Waals surface area contributed by atoms with Gasteiger partial charge in [-0.05, 0) is 58.0 Å². The average Bonchev–Trinajstić information content (AvgIpc) is 3.77. The number of hydrogen-bond acceptors (Lipinski definition) is 3. The maximum Gasteiger partial charge on any atom is 0.247 e. The van der Waals surface area contributed by atoms with Gasteiger partial charge in [-0.15, -0.1) is 0 Å². The van der Waals surface area contributed by atoms with E-state index in [4.69, 9.17) is 13.3 Å². The van der Waals surface area contributed by atoms with E-state index in [0.717, 1.165) is 82.4 Å². The Labute approximate surface area is 263 Å². The second-order valence-electron chi connectivity index (χ2n) is 12.4. The van der Waals surface area contributed by atoms with E-state index in [0.29, 0.717) is 0 Å². The van der Waals surface area contributed by atoms with Crippen molar-refractivity contribution in [3.8, 4) is 22.3 Å². The van der Waals surface area contributed by atoms with E-state index in [1.54, 1.807) is 0 Å². The predicted octanol–water partition coefficient (Wildman–Crippen LogP) is 9.55. The van der Waals surface area contributed by atoms with Crippen LogP contribution < -0.4 is 16.4 Å². The van der Waals surface area contributed by atoms with Gasteiger partial charge in [-0.2, -0.15) is 0 Å². The first kappa shape index (κ1) is 24.3. The lowest BCUT2D eigenvalue weighted by Crippen LogP contribution is -2.53. The Balaban J connectivity index is 1.34. The average molecular weight is 586 g/mol. The molecule has 0 fully saturated rings. The Morgan fingerprint density at radius 1 is 0.304 bits per heavy atom. The van der Waals surface area contributed by atoms with Crippen molar-refractivity contribution >= 4 is 88.9 Å². The molecule has 3 nitrogen and oxygen atoms in total. The first-order chi connectivity index (χ1) is 22.8. The van der Waals surface area contributed by atoms with Crippen LogP contribution in [0, 0.1) is 0 Å². The Morgan fingerprint density at radius 3 is 1.33 bits per heavy atom. The van der Waals surface area contributed by atoms with Gasteiger partial charge in [-0.25, -0.2) is 0 Å². The van der Waals surface area contributed by atoms with E-state index in [9.17, 15) is 0 Å². The topological polar surface area (TPSA) is 39.4 Å². The minimum absolute atomic E-state index is 0.127. The number of para-hydroxylation sites is 4. The number of rotatable bonds is 1. The number of fused-ring (bicyclic) bond motifs is 14. The monoisotopic (exact) mass is 586 g/mol. The molecule has 0 amide bonds. The summed E-state index contributed by atoms with van der Waals surface area (Å²) in [5.41, 5.74) is 13.7. The molecule has 46 heavy (non-hydrogen) atoms. The summed E-state index contributed by atoms with van der Waals surface area (Å²) in [6, 6.07) is 49.6. The van der Waals surface area contributed by atoms with Crippen LogP contribution in [-0.2, 0) is 0 Å². The van der Waals surface area contributed by atoms with Gasteiger partial charge in [-0.1, -0.05) is 120 Å². The van der Waals surface area contributed by atoms with Crippen LogP contribution in [0.2, 0.25) is 0 Å². The Bertz CT molecular complexity index is 2740. The molecule has 10 aromatic rings. The van der Waals surface area contributed by atoms with Crippen LogP contribution >= 0.6 is 0 Å². The van der Waals surface area contributed by atoms with Gasteiger partial charge >= 0.3 is 0 Å². The molecule has 0 saturated heterocycles. The molecule has 11 rings (SSSR count). The summed E-state index contributed by atoms with van der Waals surface area (Å²) in [4.78, 5) is 0. The second-order valence-corrected chi connectivity index (χ2v) is 12.4. The van der Waals surface area contributed by atoms with Gasteiger partial charge in [0.2, 0.25) is 6.71 Å². The lowest BCUT2D eigenvalue weighted by molar-refractivity contribution is 0.668. The van der Waals surface area contributed by atoms with Gasteiger partial charge in [-0.3, -0.25) is 0 Å². The molecule has 0 atom stereocenters. The maximum atomic E-state index is 6.73. The lowest BCUT2D eigenvalue weighted by Gasteiger charge is -2.19. The third kappa shape index (κ3) is 3.18. The molecule has 1 aliphatic rings. The summed E-state index contributed by atoms with van der Waals surface area (Å²) in [6.07, 6.45) is 0. The Kier molecular flexibility index (Phi) is 4.66. The Hall–Kier alpha value is -6.00. The maximum absolute atomic E-state index is 6.73. The first-order valence-corrected chi connectivity index (χ1v) is 15.7. The molecule has 0 bridgehead atoms. The van der Waals surface area contributed by atoms with E-state index >= 15 is 0 Å². The molecule has 0 radical (unpaired) electrons. The van der Waals surface area contributed by atoms with Gasteiger partial charge in [0.1, 0.15) is 33.5 Å². The molecular formula is C42H23BO3. The van der Waals surface area contributed by atoms with Gasteiger partial charge < -0.3 is 13.3 Å². The van der Waals surface area contributed by atoms with Crippen molar-refractivity contribution in [3.05, 3.63) is 140 Å². The SMILES string of the molecule is c1ccc2c(c1)-c1cc3oc4ccccc4c3cc1B(c1cccc3c1oc1ccccc13)c1cc3c(cc1-2)oc1ccccc13. The van der Waals surface area contributed by atoms with Gasteiger partial charge in [0.05, 0.1) is 0 Å². The van der Waals surface area contributed by atoms with E-state index in [2.05, 4.69) is 121 Å². The molecule has 3 aromatic heterocycles. The van der Waals surface area contributed by atoms with Crippen LogP contribution in [0.1, 0.15) is 0 Å². The first-order valence-electron chi connectivity index (χ1n) is 15.7. The lowest BCUT2D eigenvalue weighted by atomic mass is 9.35. The van der Waals surface area contributed by atoms with Crippen LogP contribution in [0.15, 0.2) is 153 Å². The van der Waals surface area contributed by atoms with Crippen LogP contribution in [0.25, 0.3) is 88.1 Å². The van der Waals surface area contributed by atoms with Gasteiger partial charge in [0.15, 0.2) is 0 Å². The van der Waals surface area contributed by atoms with Crippen LogP contribution in [0.5, 0.6) is 0 Å². The fourth-order valence-electron chi connectivity index (χ4n) is 7.97. The van der Waals surface area contributed by atoms with E-state index in [1.165, 1.54) is 22.1 Å². The fraction of sp³-hybridized carbons (Fsp3) is 0. The van der Waals surface area contributed by atoms with Crippen molar-refractivity contribution < 1.29 is 13.3 Å². The zero-order chi connectivity index (χ0) is 29.9. The molecule has 0 saturated carbocycles. The third-order valence-corrected chi connectivity index (χ3v) is 9.97. The summed E-state index contributed by atoms with van der Waals surface area (Å²) in [5, 5.41) is 6.73. The highest BCUT2D eigenvalue weighted by Crippen LogP contribution is 2.40. The Morgan fingerprint density at radius 2 is 0.761 bits per heavy atom. The minimum atomic E-state index is -0.127. The standard InChI is InChI=1S/C42H23BO3/c1-2-11-25-24(10-1)30-22-40-32(27-13-4-6-17-37(27)44-40)20-35(30)43(34-16-9-15-29-26-12-3-8-19-39(26)46-42(29)34)36-21-33-28-14-5-7-18-38(28)45-41(33)23-31(25)36/h1-23H. The zero-order valence-corrected chi connectivity index (χ0v) is 24.6. The summed E-state index contributed by atoms with van der Waals surface area (Å²) < 4.78 is 19.7. The third-order valence-electron chi connectivity index (χ3n) is 9.97. The largest absolute Gasteiger partial charge is 0.457 e. The van der Waals surface area contributed by atoms with E-state index in [1.807, 2.05) is 18.2 Å². The molecule has 0 N–H and O–H groups in total. The number of furan rings is 3. The van der Waals surface area contributed by atoms with Crippen molar-refractivity contribution in [3.63, 3.8) is 0 Å². The van der Waals surface area contributed by atoms with Gasteiger partial charge in [0, 0.05) is 32.3 Å². The predicted molar refractivity (Wildman–Crippen MR) is 190 cm³/mol. The van der Waals surface area contributed by atoms with Crippen LogP contribution in [-0.4, -0.2) is 6.71 Å². The molecule has 4 heterocycles. The second kappa shape index (κ2) is 8.80. The summed E-state index contributed by atoms with van der Waals surface area (Å²) >= 11 is 0. The minimum Gasteiger partial charge on any atom is -0.457 e. The molecule has 0 unspecified atom stereocenters. The highest BCUT2D eigenvalue weighted by molar-refractivity contribution is 6.98. The van der Waals surface area contributed by atoms with Crippen LogP contribution in [0.4, 0.5) is 0 Å². The van der Waals surface area contributed by atoms with Crippen molar-refractivity contribution in [2.24, 2.45) is 0 Å². The normalized spacial score (nSPS) is 12.7. The highest BCUT2D eigenvalue weighted by atomic mass is 16.3. The van der Waals surface area contributed by atoms with Crippen molar-refractivity contribution in [2.45, 2.75) is 0 Å². The summed E-state index contributed by atoms with van der Waals surface area (Å²) in [6.45, 7) is -0.127. The van der Waals surface area contributed by atoms with Gasteiger partial charge in [0.25, 0.3) is 0 Å². The van der Waals surface area contributed by atoms with Crippen molar-refractivity contribution in [2.75, 3.05) is 0 Å².